The molecule has 5 nitrogen and oxygen atoms in total. The molecular weight excluding hydrogens is 352 g/mol. The molecule has 0 aliphatic carbocycles. The van der Waals surface area contributed by atoms with Crippen LogP contribution in [0.2, 0.25) is 5.02 Å². The van der Waals surface area contributed by atoms with E-state index in [1.54, 1.807) is 59.4 Å². The van der Waals surface area contributed by atoms with E-state index in [2.05, 4.69) is 0 Å². The molecule has 1 heterocycles. The predicted molar refractivity (Wildman–Crippen MR) is 101 cm³/mol. The van der Waals surface area contributed by atoms with Crippen LogP contribution in [0.25, 0.3) is 0 Å². The van der Waals surface area contributed by atoms with E-state index in [1.807, 2.05) is 6.07 Å². The van der Waals surface area contributed by atoms with Crippen molar-refractivity contribution in [2.75, 3.05) is 33.3 Å². The van der Waals surface area contributed by atoms with Crippen molar-refractivity contribution in [2.24, 2.45) is 0 Å². The molecule has 0 N–H and O–H groups in total. The van der Waals surface area contributed by atoms with E-state index in [0.717, 1.165) is 6.42 Å². The molecule has 1 fully saturated rings. The van der Waals surface area contributed by atoms with Crippen molar-refractivity contribution in [3.05, 3.63) is 64.7 Å². The smallest absolute Gasteiger partial charge is 0.254 e. The highest BCUT2D eigenvalue weighted by molar-refractivity contribution is 6.30. The highest BCUT2D eigenvalue weighted by Gasteiger charge is 2.23. The van der Waals surface area contributed by atoms with Crippen molar-refractivity contribution < 1.29 is 14.3 Å². The minimum atomic E-state index is -0.0373. The Bertz CT molecular complexity index is 792. The van der Waals surface area contributed by atoms with E-state index in [1.165, 1.54) is 0 Å². The van der Waals surface area contributed by atoms with Crippen LogP contribution in [-0.2, 0) is 0 Å². The monoisotopic (exact) mass is 372 g/mol. The molecule has 2 aromatic carbocycles. The molecule has 1 saturated heterocycles. The summed E-state index contributed by atoms with van der Waals surface area (Å²) >= 11 is 5.88. The number of hydrogen-bond donors (Lipinski definition) is 0. The number of benzene rings is 2. The molecule has 3 rings (SSSR count). The number of rotatable bonds is 3. The van der Waals surface area contributed by atoms with Crippen molar-refractivity contribution in [3.8, 4) is 5.75 Å². The second kappa shape index (κ2) is 8.23. The summed E-state index contributed by atoms with van der Waals surface area (Å²) in [5, 5.41) is 0.604. The lowest BCUT2D eigenvalue weighted by Gasteiger charge is -2.22. The van der Waals surface area contributed by atoms with Gasteiger partial charge in [0.25, 0.3) is 11.8 Å². The van der Waals surface area contributed by atoms with Crippen molar-refractivity contribution in [1.29, 1.82) is 0 Å². The van der Waals surface area contributed by atoms with Crippen molar-refractivity contribution in [1.82, 2.24) is 9.80 Å². The first-order chi connectivity index (χ1) is 12.6. The van der Waals surface area contributed by atoms with Gasteiger partial charge in [0, 0.05) is 42.3 Å². The maximum absolute atomic E-state index is 12.8. The Balaban J connectivity index is 1.66. The van der Waals surface area contributed by atoms with Gasteiger partial charge in [0.15, 0.2) is 0 Å². The number of methoxy groups -OCH3 is 1. The van der Waals surface area contributed by atoms with Crippen LogP contribution in [0.1, 0.15) is 27.1 Å². The number of halogens is 1. The van der Waals surface area contributed by atoms with Gasteiger partial charge in [0.05, 0.1) is 7.11 Å². The molecule has 2 aromatic rings. The SMILES string of the molecule is COc1cccc(C(=O)N2CCCN(C(=O)c3ccc(Cl)cc3)CC2)c1. The van der Waals surface area contributed by atoms with Crippen LogP contribution in [0, 0.1) is 0 Å². The second-order valence-electron chi connectivity index (χ2n) is 6.18. The summed E-state index contributed by atoms with van der Waals surface area (Å²) in [5.74, 6) is 0.590. The van der Waals surface area contributed by atoms with E-state index in [4.69, 9.17) is 16.3 Å². The first kappa shape index (κ1) is 18.3. The van der Waals surface area contributed by atoms with E-state index < -0.39 is 0 Å². The lowest BCUT2D eigenvalue weighted by Crippen LogP contribution is -2.37. The van der Waals surface area contributed by atoms with Gasteiger partial charge >= 0.3 is 0 Å². The number of carbonyl (C=O) groups excluding carboxylic acids is 2. The van der Waals surface area contributed by atoms with Crippen LogP contribution in [-0.4, -0.2) is 54.9 Å². The van der Waals surface area contributed by atoms with E-state index in [9.17, 15) is 9.59 Å². The molecule has 0 unspecified atom stereocenters. The molecule has 6 heteroatoms. The quantitative estimate of drug-likeness (QED) is 0.830. The Morgan fingerprint density at radius 2 is 1.50 bits per heavy atom. The molecule has 26 heavy (non-hydrogen) atoms. The second-order valence-corrected chi connectivity index (χ2v) is 6.61. The highest BCUT2D eigenvalue weighted by Crippen LogP contribution is 2.17. The number of ether oxygens (including phenoxy) is 1. The van der Waals surface area contributed by atoms with Crippen LogP contribution in [0.3, 0.4) is 0 Å². The summed E-state index contributed by atoms with van der Waals surface area (Å²) in [6.07, 6.45) is 0.745. The molecule has 1 aliphatic heterocycles. The number of carbonyl (C=O) groups is 2. The lowest BCUT2D eigenvalue weighted by atomic mass is 10.2. The molecule has 2 amide bonds. The molecule has 0 bridgehead atoms. The maximum atomic E-state index is 12.8. The maximum Gasteiger partial charge on any atom is 0.254 e. The third kappa shape index (κ3) is 4.17. The van der Waals surface area contributed by atoms with E-state index in [-0.39, 0.29) is 11.8 Å². The van der Waals surface area contributed by atoms with Crippen LogP contribution >= 0.6 is 11.6 Å². The normalized spacial score (nSPS) is 14.7. The van der Waals surface area contributed by atoms with Gasteiger partial charge in [-0.1, -0.05) is 17.7 Å². The topological polar surface area (TPSA) is 49.9 Å². The van der Waals surface area contributed by atoms with Gasteiger partial charge in [-0.3, -0.25) is 9.59 Å². The Labute approximate surface area is 158 Å². The Hall–Kier alpha value is -2.53. The van der Waals surface area contributed by atoms with Crippen LogP contribution < -0.4 is 4.74 Å². The van der Waals surface area contributed by atoms with Crippen molar-refractivity contribution in [2.45, 2.75) is 6.42 Å². The van der Waals surface area contributed by atoms with Gasteiger partial charge in [0.1, 0.15) is 5.75 Å². The van der Waals surface area contributed by atoms with Crippen LogP contribution in [0.4, 0.5) is 0 Å². The molecule has 1 aliphatic rings. The molecule has 0 radical (unpaired) electrons. The van der Waals surface area contributed by atoms with Crippen LogP contribution in [0.5, 0.6) is 5.75 Å². The fraction of sp³-hybridized carbons (Fsp3) is 0.300. The van der Waals surface area contributed by atoms with Gasteiger partial charge in [0.2, 0.25) is 0 Å². The number of nitrogens with zero attached hydrogens (tertiary/aromatic N) is 2. The van der Waals surface area contributed by atoms with E-state index >= 15 is 0 Å². The van der Waals surface area contributed by atoms with E-state index in [0.29, 0.717) is 48.1 Å². The van der Waals surface area contributed by atoms with Gasteiger partial charge in [-0.05, 0) is 48.9 Å². The molecule has 0 spiro atoms. The Kier molecular flexibility index (Phi) is 5.78. The fourth-order valence-corrected chi connectivity index (χ4v) is 3.16. The standard InChI is InChI=1S/C20H21ClN2O3/c1-26-18-5-2-4-16(14-18)20(25)23-11-3-10-22(12-13-23)19(24)15-6-8-17(21)9-7-15/h2,4-9,14H,3,10-13H2,1H3. The molecule has 0 saturated carbocycles. The molecular formula is C20H21ClN2O3. The molecule has 136 valence electrons. The number of amides is 2. The minimum Gasteiger partial charge on any atom is -0.497 e. The zero-order chi connectivity index (χ0) is 18.5. The van der Waals surface area contributed by atoms with Crippen LogP contribution in [0.15, 0.2) is 48.5 Å². The third-order valence-corrected chi connectivity index (χ3v) is 4.73. The zero-order valence-electron chi connectivity index (χ0n) is 14.7. The lowest BCUT2D eigenvalue weighted by molar-refractivity contribution is 0.0718. The largest absolute Gasteiger partial charge is 0.497 e. The average Bonchev–Trinajstić information content (AvgIpc) is 2.93. The summed E-state index contributed by atoms with van der Waals surface area (Å²) in [4.78, 5) is 29.0. The van der Waals surface area contributed by atoms with Gasteiger partial charge in [-0.15, -0.1) is 0 Å². The third-order valence-electron chi connectivity index (χ3n) is 4.48. The minimum absolute atomic E-state index is 0.0302. The van der Waals surface area contributed by atoms with Crippen molar-refractivity contribution in [3.63, 3.8) is 0 Å². The summed E-state index contributed by atoms with van der Waals surface area (Å²) in [6.45, 7) is 2.27. The van der Waals surface area contributed by atoms with Gasteiger partial charge in [-0.25, -0.2) is 0 Å². The molecule has 0 atom stereocenters. The zero-order valence-corrected chi connectivity index (χ0v) is 15.4. The summed E-state index contributed by atoms with van der Waals surface area (Å²) in [5.41, 5.74) is 1.21. The summed E-state index contributed by atoms with van der Waals surface area (Å²) in [6, 6.07) is 14.0. The average molecular weight is 373 g/mol. The summed E-state index contributed by atoms with van der Waals surface area (Å²) in [7, 11) is 1.58. The predicted octanol–water partition coefficient (Wildman–Crippen LogP) is 3.34. The van der Waals surface area contributed by atoms with Gasteiger partial charge < -0.3 is 14.5 Å². The highest BCUT2D eigenvalue weighted by atomic mass is 35.5. The first-order valence-electron chi connectivity index (χ1n) is 8.56. The molecule has 0 aromatic heterocycles. The van der Waals surface area contributed by atoms with Crippen molar-refractivity contribution >= 4 is 23.4 Å². The number of hydrogen-bond acceptors (Lipinski definition) is 3. The Morgan fingerprint density at radius 1 is 0.885 bits per heavy atom. The summed E-state index contributed by atoms with van der Waals surface area (Å²) < 4.78 is 5.19. The fourth-order valence-electron chi connectivity index (χ4n) is 3.04. The Morgan fingerprint density at radius 3 is 2.12 bits per heavy atom. The first-order valence-corrected chi connectivity index (χ1v) is 8.94. The van der Waals surface area contributed by atoms with Gasteiger partial charge in [-0.2, -0.15) is 0 Å².